The number of hydrogen-bond donors (Lipinski definition) is 2. The number of anilines is 1. The van der Waals surface area contributed by atoms with Crippen LogP contribution in [0.5, 0.6) is 0 Å². The van der Waals surface area contributed by atoms with Crippen molar-refractivity contribution < 1.29 is 14.7 Å². The molecule has 2 heterocycles. The maximum Gasteiger partial charge on any atom is 0.354 e. The maximum atomic E-state index is 11.8. The predicted molar refractivity (Wildman–Crippen MR) is 62.4 cm³/mol. The lowest BCUT2D eigenvalue weighted by Crippen LogP contribution is -2.12. The molecule has 7 nitrogen and oxygen atoms in total. The summed E-state index contributed by atoms with van der Waals surface area (Å²) in [5.41, 5.74) is 0.640. The van der Waals surface area contributed by atoms with Crippen LogP contribution in [0.1, 0.15) is 20.8 Å². The van der Waals surface area contributed by atoms with Crippen molar-refractivity contribution in [2.45, 2.75) is 0 Å². The number of pyridine rings is 1. The van der Waals surface area contributed by atoms with Gasteiger partial charge in [0.2, 0.25) is 0 Å². The van der Waals surface area contributed by atoms with Crippen molar-refractivity contribution in [2.24, 2.45) is 7.05 Å². The molecule has 0 unspecified atom stereocenters. The van der Waals surface area contributed by atoms with Gasteiger partial charge in [-0.3, -0.25) is 9.48 Å². The third-order valence-corrected chi connectivity index (χ3v) is 2.20. The molecule has 0 aliphatic carbocycles. The number of carboxylic acid groups (broad SMARTS) is 1. The summed E-state index contributed by atoms with van der Waals surface area (Å²) in [4.78, 5) is 26.2. The van der Waals surface area contributed by atoms with Crippen LogP contribution in [-0.2, 0) is 7.05 Å². The van der Waals surface area contributed by atoms with Gasteiger partial charge in [-0.1, -0.05) is 0 Å². The lowest BCUT2D eigenvalue weighted by molar-refractivity contribution is 0.0690. The first-order valence-corrected chi connectivity index (χ1v) is 5.05. The number of aryl methyl sites for hydroxylation is 1. The summed E-state index contributed by atoms with van der Waals surface area (Å²) in [6.07, 6.45) is 4.31. The Morgan fingerprint density at radius 3 is 2.83 bits per heavy atom. The number of carbonyl (C=O) groups excluding carboxylic acids is 1. The molecule has 0 spiro atoms. The molecule has 2 aromatic rings. The molecular formula is C11H10N4O3. The highest BCUT2D eigenvalue weighted by Crippen LogP contribution is 2.10. The number of amides is 1. The van der Waals surface area contributed by atoms with E-state index < -0.39 is 5.97 Å². The standard InChI is InChI=1S/C11H10N4O3/c1-15-6-7(5-13-15)10(16)14-8-2-3-12-9(4-8)11(17)18/h2-6H,1H3,(H,17,18)(H,12,14,16). The van der Waals surface area contributed by atoms with E-state index in [-0.39, 0.29) is 11.6 Å². The topological polar surface area (TPSA) is 97.1 Å². The van der Waals surface area contributed by atoms with E-state index >= 15 is 0 Å². The average molecular weight is 246 g/mol. The Morgan fingerprint density at radius 2 is 2.22 bits per heavy atom. The Hall–Kier alpha value is -2.70. The molecule has 2 rings (SSSR count). The first-order valence-electron chi connectivity index (χ1n) is 5.05. The zero-order valence-electron chi connectivity index (χ0n) is 9.49. The molecular weight excluding hydrogens is 236 g/mol. The van der Waals surface area contributed by atoms with Crippen molar-refractivity contribution in [2.75, 3.05) is 5.32 Å². The van der Waals surface area contributed by atoms with Gasteiger partial charge >= 0.3 is 5.97 Å². The monoisotopic (exact) mass is 246 g/mol. The summed E-state index contributed by atoms with van der Waals surface area (Å²) in [6.45, 7) is 0. The van der Waals surface area contributed by atoms with Crippen LogP contribution in [0, 0.1) is 0 Å². The Bertz CT molecular complexity index is 606. The number of aromatic carboxylic acids is 1. The van der Waals surface area contributed by atoms with E-state index in [1.807, 2.05) is 0 Å². The predicted octanol–water partition coefficient (Wildman–Crippen LogP) is 0.766. The second-order valence-corrected chi connectivity index (χ2v) is 3.59. The Balaban J connectivity index is 2.16. The molecule has 2 N–H and O–H groups in total. The minimum absolute atomic E-state index is 0.126. The van der Waals surface area contributed by atoms with Gasteiger partial charge in [-0.2, -0.15) is 5.10 Å². The van der Waals surface area contributed by atoms with Gasteiger partial charge in [-0.05, 0) is 12.1 Å². The number of rotatable bonds is 3. The maximum absolute atomic E-state index is 11.8. The number of aromatic nitrogens is 3. The first-order chi connectivity index (χ1) is 8.56. The third-order valence-electron chi connectivity index (χ3n) is 2.20. The molecule has 7 heteroatoms. The van der Waals surface area contributed by atoms with Gasteiger partial charge in [0.1, 0.15) is 5.69 Å². The second kappa shape index (κ2) is 4.66. The van der Waals surface area contributed by atoms with Crippen molar-refractivity contribution in [1.29, 1.82) is 0 Å². The van der Waals surface area contributed by atoms with Crippen LogP contribution in [0.15, 0.2) is 30.7 Å². The summed E-state index contributed by atoms with van der Waals surface area (Å²) in [5.74, 6) is -1.50. The minimum Gasteiger partial charge on any atom is -0.477 e. The summed E-state index contributed by atoms with van der Waals surface area (Å²) in [6, 6.07) is 2.80. The van der Waals surface area contributed by atoms with Gasteiger partial charge in [-0.25, -0.2) is 9.78 Å². The van der Waals surface area contributed by atoms with Crippen LogP contribution in [0.3, 0.4) is 0 Å². The van der Waals surface area contributed by atoms with Crippen LogP contribution in [0.2, 0.25) is 0 Å². The zero-order chi connectivity index (χ0) is 13.1. The van der Waals surface area contributed by atoms with Crippen LogP contribution < -0.4 is 5.32 Å². The van der Waals surface area contributed by atoms with E-state index in [1.54, 1.807) is 13.2 Å². The van der Waals surface area contributed by atoms with Gasteiger partial charge in [0.05, 0.1) is 11.8 Å². The van der Waals surface area contributed by atoms with E-state index in [4.69, 9.17) is 5.11 Å². The molecule has 0 aliphatic heterocycles. The quantitative estimate of drug-likeness (QED) is 0.833. The second-order valence-electron chi connectivity index (χ2n) is 3.59. The molecule has 0 fully saturated rings. The van der Waals surface area contributed by atoms with Gasteiger partial charge in [0.15, 0.2) is 0 Å². The smallest absolute Gasteiger partial charge is 0.354 e. The largest absolute Gasteiger partial charge is 0.477 e. The highest BCUT2D eigenvalue weighted by molar-refractivity contribution is 6.04. The van der Waals surface area contributed by atoms with Gasteiger partial charge < -0.3 is 10.4 Å². The van der Waals surface area contributed by atoms with E-state index in [9.17, 15) is 9.59 Å². The molecule has 0 saturated heterocycles. The Morgan fingerprint density at radius 1 is 1.44 bits per heavy atom. The normalized spacial score (nSPS) is 10.1. The van der Waals surface area contributed by atoms with Gasteiger partial charge in [0, 0.05) is 25.1 Å². The molecule has 0 aromatic carbocycles. The molecule has 0 saturated carbocycles. The molecule has 92 valence electrons. The minimum atomic E-state index is -1.15. The lowest BCUT2D eigenvalue weighted by atomic mass is 10.3. The van der Waals surface area contributed by atoms with Gasteiger partial charge in [-0.15, -0.1) is 0 Å². The van der Waals surface area contributed by atoms with Crippen LogP contribution >= 0.6 is 0 Å². The molecule has 18 heavy (non-hydrogen) atoms. The van der Waals surface area contributed by atoms with Crippen molar-refractivity contribution in [1.82, 2.24) is 14.8 Å². The highest BCUT2D eigenvalue weighted by atomic mass is 16.4. The summed E-state index contributed by atoms with van der Waals surface area (Å²) >= 11 is 0. The SMILES string of the molecule is Cn1cc(C(=O)Nc2ccnc(C(=O)O)c2)cn1. The Labute approximate surface area is 102 Å². The number of nitrogens with one attached hydrogen (secondary N) is 1. The number of carbonyl (C=O) groups is 2. The summed E-state index contributed by atoms with van der Waals surface area (Å²) in [7, 11) is 1.70. The van der Waals surface area contributed by atoms with Crippen LogP contribution in [0.4, 0.5) is 5.69 Å². The van der Waals surface area contributed by atoms with Crippen molar-refractivity contribution in [3.63, 3.8) is 0 Å². The number of hydrogen-bond acceptors (Lipinski definition) is 4. The van der Waals surface area contributed by atoms with E-state index in [0.717, 1.165) is 0 Å². The first kappa shape index (κ1) is 11.8. The molecule has 2 aromatic heterocycles. The number of nitrogens with zero attached hydrogens (tertiary/aromatic N) is 3. The molecule has 0 bridgehead atoms. The molecule has 0 atom stereocenters. The molecule has 1 amide bonds. The zero-order valence-corrected chi connectivity index (χ0v) is 9.49. The molecule has 0 radical (unpaired) electrons. The summed E-state index contributed by atoms with van der Waals surface area (Å²) in [5, 5.41) is 15.2. The van der Waals surface area contributed by atoms with E-state index in [1.165, 1.54) is 29.2 Å². The fraction of sp³-hybridized carbons (Fsp3) is 0.0909. The fourth-order valence-corrected chi connectivity index (χ4v) is 1.37. The van der Waals surface area contributed by atoms with Crippen molar-refractivity contribution >= 4 is 17.6 Å². The van der Waals surface area contributed by atoms with Crippen LogP contribution in [-0.4, -0.2) is 31.7 Å². The fourth-order valence-electron chi connectivity index (χ4n) is 1.37. The van der Waals surface area contributed by atoms with Crippen molar-refractivity contribution in [3.8, 4) is 0 Å². The van der Waals surface area contributed by atoms with Crippen LogP contribution in [0.25, 0.3) is 0 Å². The average Bonchev–Trinajstić information content (AvgIpc) is 2.76. The highest BCUT2D eigenvalue weighted by Gasteiger charge is 2.10. The molecule has 0 aliphatic rings. The van der Waals surface area contributed by atoms with Gasteiger partial charge in [0.25, 0.3) is 5.91 Å². The third kappa shape index (κ3) is 2.51. The summed E-state index contributed by atoms with van der Waals surface area (Å²) < 4.78 is 1.50. The lowest BCUT2D eigenvalue weighted by Gasteiger charge is -2.03. The van der Waals surface area contributed by atoms with Crippen molar-refractivity contribution in [3.05, 3.63) is 42.0 Å². The van der Waals surface area contributed by atoms with E-state index in [2.05, 4.69) is 15.4 Å². The Kier molecular flexibility index (Phi) is 3.05. The van der Waals surface area contributed by atoms with E-state index in [0.29, 0.717) is 11.3 Å². The number of carboxylic acids is 1.